The molecule has 0 N–H and O–H groups in total. The van der Waals surface area contributed by atoms with E-state index in [2.05, 4.69) is 201 Å². The minimum absolute atomic E-state index is 0.705. The summed E-state index contributed by atoms with van der Waals surface area (Å²) in [7, 11) is -2.04. The van der Waals surface area contributed by atoms with Crippen molar-refractivity contribution in [2.45, 2.75) is 13.1 Å². The van der Waals surface area contributed by atoms with Crippen LogP contribution in [0.25, 0.3) is 100 Å². The zero-order valence-corrected chi connectivity index (χ0v) is 33.8. The SMILES string of the molecule is C[Si]1(C)c2ccccc2-c2nc(-c3cccc(-c4cccc(-c5cccc(-c6nc(-c7ccccc7)c7ccc8ccccc8c7n6)c5)c4)c3)nc(-c3ccccc3)c21. The lowest BCUT2D eigenvalue weighted by molar-refractivity contribution is 1.20. The average Bonchev–Trinajstić information content (AvgIpc) is 3.54. The first-order chi connectivity index (χ1) is 29.0. The van der Waals surface area contributed by atoms with E-state index < -0.39 is 8.07 Å². The topological polar surface area (TPSA) is 51.6 Å². The molecule has 0 unspecified atom stereocenters. The van der Waals surface area contributed by atoms with Gasteiger partial charge in [-0.3, -0.25) is 0 Å². The minimum Gasteiger partial charge on any atom is -0.228 e. The highest BCUT2D eigenvalue weighted by Crippen LogP contribution is 2.37. The van der Waals surface area contributed by atoms with Crippen LogP contribution in [-0.2, 0) is 0 Å². The highest BCUT2D eigenvalue weighted by molar-refractivity contribution is 7.04. The molecule has 278 valence electrons. The predicted molar refractivity (Wildman–Crippen MR) is 247 cm³/mol. The van der Waals surface area contributed by atoms with Gasteiger partial charge in [0.2, 0.25) is 0 Å². The highest BCUT2D eigenvalue weighted by Gasteiger charge is 2.41. The third-order valence-corrected chi connectivity index (χ3v) is 15.4. The van der Waals surface area contributed by atoms with E-state index in [1.807, 2.05) is 6.07 Å². The summed E-state index contributed by atoms with van der Waals surface area (Å²) in [4.78, 5) is 21.2. The maximum absolute atomic E-state index is 5.37. The van der Waals surface area contributed by atoms with Crippen LogP contribution in [0.1, 0.15) is 0 Å². The van der Waals surface area contributed by atoms with Crippen molar-refractivity contribution in [2.75, 3.05) is 0 Å². The Balaban J connectivity index is 0.993. The van der Waals surface area contributed by atoms with Crippen LogP contribution in [0, 0.1) is 0 Å². The first kappa shape index (κ1) is 34.9. The summed E-state index contributed by atoms with van der Waals surface area (Å²) < 4.78 is 0. The van der Waals surface area contributed by atoms with E-state index in [-0.39, 0.29) is 0 Å². The van der Waals surface area contributed by atoms with Gasteiger partial charge in [-0.05, 0) is 67.8 Å². The Morgan fingerprint density at radius 3 is 1.47 bits per heavy atom. The molecule has 10 aromatic rings. The molecule has 59 heavy (non-hydrogen) atoms. The summed E-state index contributed by atoms with van der Waals surface area (Å²) in [5, 5.41) is 6.06. The van der Waals surface area contributed by atoms with E-state index in [0.717, 1.165) is 89.1 Å². The zero-order chi connectivity index (χ0) is 39.5. The second kappa shape index (κ2) is 13.9. The molecule has 0 amide bonds. The summed E-state index contributed by atoms with van der Waals surface area (Å²) in [5.74, 6) is 1.45. The number of aromatic nitrogens is 4. The van der Waals surface area contributed by atoms with Crippen LogP contribution in [0.4, 0.5) is 0 Å². The van der Waals surface area contributed by atoms with Crippen molar-refractivity contribution in [2.24, 2.45) is 0 Å². The van der Waals surface area contributed by atoms with Gasteiger partial charge in [0.05, 0.1) is 22.6 Å². The van der Waals surface area contributed by atoms with E-state index in [1.54, 1.807) is 0 Å². The predicted octanol–water partition coefficient (Wildman–Crippen LogP) is 12.4. The molecule has 5 heteroatoms. The lowest BCUT2D eigenvalue weighted by Gasteiger charge is -2.21. The van der Waals surface area contributed by atoms with Gasteiger partial charge in [-0.1, -0.05) is 183 Å². The fraction of sp³-hybridized carbons (Fsp3) is 0.0370. The molecule has 0 fully saturated rings. The molecule has 0 bridgehead atoms. The molecule has 0 saturated carbocycles. The van der Waals surface area contributed by atoms with Crippen LogP contribution in [0.5, 0.6) is 0 Å². The largest absolute Gasteiger partial charge is 0.228 e. The van der Waals surface area contributed by atoms with Gasteiger partial charge < -0.3 is 0 Å². The summed E-state index contributed by atoms with van der Waals surface area (Å²) >= 11 is 0. The molecule has 0 aliphatic carbocycles. The molecule has 8 aromatic carbocycles. The Morgan fingerprint density at radius 1 is 0.339 bits per heavy atom. The van der Waals surface area contributed by atoms with E-state index in [1.165, 1.54) is 15.9 Å². The summed E-state index contributed by atoms with van der Waals surface area (Å²) in [6, 6.07) is 68.6. The number of fused-ring (bicyclic) bond motifs is 6. The van der Waals surface area contributed by atoms with E-state index in [9.17, 15) is 0 Å². The lowest BCUT2D eigenvalue weighted by atomic mass is 9.96. The van der Waals surface area contributed by atoms with Gasteiger partial charge in [-0.2, -0.15) is 0 Å². The van der Waals surface area contributed by atoms with Crippen molar-refractivity contribution in [1.29, 1.82) is 0 Å². The smallest absolute Gasteiger partial charge is 0.160 e. The van der Waals surface area contributed by atoms with Crippen molar-refractivity contribution in [3.63, 3.8) is 0 Å². The van der Waals surface area contributed by atoms with E-state index in [4.69, 9.17) is 19.9 Å². The Hall–Kier alpha value is -7.34. The summed E-state index contributed by atoms with van der Waals surface area (Å²) in [5.41, 5.74) is 13.9. The lowest BCUT2D eigenvalue weighted by Crippen LogP contribution is -2.50. The van der Waals surface area contributed by atoms with Crippen molar-refractivity contribution in [3.8, 4) is 78.8 Å². The van der Waals surface area contributed by atoms with E-state index >= 15 is 0 Å². The molecule has 11 rings (SSSR count). The first-order valence-electron chi connectivity index (χ1n) is 20.1. The Labute approximate surface area is 344 Å². The molecular formula is C54H38N4Si. The van der Waals surface area contributed by atoms with Crippen molar-refractivity contribution in [1.82, 2.24) is 19.9 Å². The van der Waals surface area contributed by atoms with E-state index in [0.29, 0.717) is 5.82 Å². The van der Waals surface area contributed by atoms with Crippen LogP contribution in [0.3, 0.4) is 0 Å². The fourth-order valence-corrected chi connectivity index (χ4v) is 12.1. The van der Waals surface area contributed by atoms with Crippen LogP contribution < -0.4 is 10.4 Å². The van der Waals surface area contributed by atoms with Crippen LogP contribution in [-0.4, -0.2) is 28.0 Å². The Bertz CT molecular complexity index is 3250. The quantitative estimate of drug-likeness (QED) is 0.125. The first-order valence-corrected chi connectivity index (χ1v) is 23.1. The normalized spacial score (nSPS) is 12.7. The molecule has 0 spiro atoms. The van der Waals surface area contributed by atoms with Crippen molar-refractivity contribution < 1.29 is 0 Å². The monoisotopic (exact) mass is 770 g/mol. The molecule has 0 saturated heterocycles. The standard InChI is InChI=1S/C54H38N4Si/c1-59(2)47-29-12-11-28-45(47)51-52(59)49(37-19-7-4-8-20-37)56-54(58-51)43-26-15-24-41(34-43)39-22-13-21-38(32-39)40-23-14-25-42(33-40)53-55-48(36-17-5-3-6-18-36)46-31-30-35-16-9-10-27-44(35)50(46)57-53/h3-34H,1-2H3. The van der Waals surface area contributed by atoms with Gasteiger partial charge >= 0.3 is 0 Å². The van der Waals surface area contributed by atoms with Crippen LogP contribution in [0.2, 0.25) is 13.1 Å². The average molecular weight is 771 g/mol. The number of rotatable bonds is 6. The van der Waals surface area contributed by atoms with Gasteiger partial charge in [0, 0.05) is 33.0 Å². The fourth-order valence-electron chi connectivity index (χ4n) is 8.91. The molecule has 3 heterocycles. The number of hydrogen-bond donors (Lipinski definition) is 0. The molecule has 0 radical (unpaired) electrons. The maximum Gasteiger partial charge on any atom is 0.160 e. The molecule has 1 aliphatic rings. The van der Waals surface area contributed by atoms with Crippen molar-refractivity contribution in [3.05, 3.63) is 194 Å². The maximum atomic E-state index is 5.37. The van der Waals surface area contributed by atoms with Crippen LogP contribution >= 0.6 is 0 Å². The molecule has 1 aliphatic heterocycles. The third kappa shape index (κ3) is 5.98. The highest BCUT2D eigenvalue weighted by atomic mass is 28.3. The van der Waals surface area contributed by atoms with Gasteiger partial charge in [-0.25, -0.2) is 19.9 Å². The van der Waals surface area contributed by atoms with Gasteiger partial charge in [0.15, 0.2) is 11.6 Å². The van der Waals surface area contributed by atoms with Gasteiger partial charge in [-0.15, -0.1) is 0 Å². The second-order valence-electron chi connectivity index (χ2n) is 15.8. The Morgan fingerprint density at radius 2 is 0.814 bits per heavy atom. The third-order valence-electron chi connectivity index (χ3n) is 11.8. The van der Waals surface area contributed by atoms with Gasteiger partial charge in [0.1, 0.15) is 8.07 Å². The Kier molecular flexibility index (Phi) is 8.24. The summed E-state index contributed by atoms with van der Waals surface area (Å²) in [6.45, 7) is 4.85. The number of hydrogen-bond acceptors (Lipinski definition) is 4. The van der Waals surface area contributed by atoms with Crippen molar-refractivity contribution >= 4 is 40.1 Å². The summed E-state index contributed by atoms with van der Waals surface area (Å²) in [6.07, 6.45) is 0. The van der Waals surface area contributed by atoms with Gasteiger partial charge in [0.25, 0.3) is 0 Å². The second-order valence-corrected chi connectivity index (χ2v) is 20.1. The number of benzene rings is 8. The molecule has 2 aromatic heterocycles. The molecule has 0 atom stereocenters. The minimum atomic E-state index is -2.04. The van der Waals surface area contributed by atoms with Crippen LogP contribution in [0.15, 0.2) is 194 Å². The molecule has 4 nitrogen and oxygen atoms in total. The zero-order valence-electron chi connectivity index (χ0n) is 32.8. The molecular weight excluding hydrogens is 733 g/mol. The number of nitrogens with zero attached hydrogens (tertiary/aromatic N) is 4.